The van der Waals surface area contributed by atoms with Gasteiger partial charge in [0.05, 0.1) is 6.20 Å². The maximum absolute atomic E-state index is 13.2. The lowest BCUT2D eigenvalue weighted by molar-refractivity contribution is 0.219. The number of aliphatic hydroxyl groups is 1. The maximum atomic E-state index is 13.2. The van der Waals surface area contributed by atoms with E-state index < -0.39 is 22.1 Å². The first-order valence-electron chi connectivity index (χ1n) is 5.85. The van der Waals surface area contributed by atoms with E-state index in [0.29, 0.717) is 5.56 Å². The van der Waals surface area contributed by atoms with Gasteiger partial charge in [-0.1, -0.05) is 12.1 Å². The summed E-state index contributed by atoms with van der Waals surface area (Å²) in [5.74, 6) is -0.490. The van der Waals surface area contributed by atoms with Crippen LogP contribution in [0.15, 0.2) is 35.1 Å². The van der Waals surface area contributed by atoms with Crippen LogP contribution in [0.25, 0.3) is 0 Å². The maximum Gasteiger partial charge on any atom is 0.322 e. The van der Waals surface area contributed by atoms with Crippen LogP contribution in [0.1, 0.15) is 17.2 Å². The number of hydrogen-bond acceptors (Lipinski definition) is 4. The second-order valence-corrected chi connectivity index (χ2v) is 7.25. The van der Waals surface area contributed by atoms with E-state index in [4.69, 9.17) is 0 Å². The van der Waals surface area contributed by atoms with Crippen molar-refractivity contribution in [1.82, 2.24) is 13.5 Å². The molecule has 2 rings (SSSR count). The van der Waals surface area contributed by atoms with Crippen molar-refractivity contribution >= 4 is 26.1 Å². The summed E-state index contributed by atoms with van der Waals surface area (Å²) in [6.07, 6.45) is -0.00387. The van der Waals surface area contributed by atoms with Gasteiger partial charge in [-0.25, -0.2) is 4.39 Å². The highest BCUT2D eigenvalue weighted by Gasteiger charge is 2.24. The average molecular weight is 378 g/mol. The van der Waals surface area contributed by atoms with Gasteiger partial charge < -0.3 is 5.11 Å². The number of aromatic nitrogens is 2. The largest absolute Gasteiger partial charge is 0.383 e. The summed E-state index contributed by atoms with van der Waals surface area (Å²) in [6, 6.07) is 5.43. The van der Waals surface area contributed by atoms with Crippen LogP contribution in [0, 0.1) is 5.82 Å². The number of rotatable bonds is 4. The summed E-state index contributed by atoms with van der Waals surface area (Å²) in [4.78, 5) is 0. The van der Waals surface area contributed by atoms with Crippen LogP contribution >= 0.6 is 15.9 Å². The predicted molar refractivity (Wildman–Crippen MR) is 78.4 cm³/mol. The van der Waals surface area contributed by atoms with Crippen molar-refractivity contribution < 1.29 is 17.9 Å². The van der Waals surface area contributed by atoms with Crippen molar-refractivity contribution in [1.29, 1.82) is 0 Å². The molecule has 1 N–H and O–H groups in total. The van der Waals surface area contributed by atoms with Crippen molar-refractivity contribution in [3.63, 3.8) is 0 Å². The molecule has 0 aliphatic heterocycles. The van der Waals surface area contributed by atoms with E-state index in [0.717, 1.165) is 8.39 Å². The molecule has 0 aliphatic carbocycles. The molecule has 1 atom stereocenters. The van der Waals surface area contributed by atoms with E-state index in [2.05, 4.69) is 21.0 Å². The molecule has 1 heterocycles. The van der Waals surface area contributed by atoms with Gasteiger partial charge in [0, 0.05) is 19.7 Å². The van der Waals surface area contributed by atoms with Crippen molar-refractivity contribution in [3.8, 4) is 0 Å². The van der Waals surface area contributed by atoms with Gasteiger partial charge in [0.15, 0.2) is 0 Å². The van der Waals surface area contributed by atoms with Gasteiger partial charge in [-0.2, -0.15) is 16.8 Å². The lowest BCUT2D eigenvalue weighted by Crippen LogP contribution is -2.29. The van der Waals surface area contributed by atoms with E-state index in [-0.39, 0.29) is 10.2 Å². The summed E-state index contributed by atoms with van der Waals surface area (Å²) in [6.45, 7) is 0. The molecule has 0 saturated heterocycles. The van der Waals surface area contributed by atoms with Crippen molar-refractivity contribution in [2.24, 2.45) is 0 Å². The zero-order valence-corrected chi connectivity index (χ0v) is 13.6. The Kier molecular flexibility index (Phi) is 4.47. The fourth-order valence-electron chi connectivity index (χ4n) is 1.67. The quantitative estimate of drug-likeness (QED) is 0.876. The van der Waals surface area contributed by atoms with Crippen molar-refractivity contribution in [2.45, 2.75) is 6.10 Å². The van der Waals surface area contributed by atoms with Gasteiger partial charge in [0.2, 0.25) is 0 Å². The van der Waals surface area contributed by atoms with E-state index >= 15 is 0 Å². The molecule has 0 saturated carbocycles. The van der Waals surface area contributed by atoms with Gasteiger partial charge in [0.25, 0.3) is 0 Å². The van der Waals surface area contributed by atoms with Crippen LogP contribution in [0.3, 0.4) is 0 Å². The Labute approximate surface area is 130 Å². The lowest BCUT2D eigenvalue weighted by atomic mass is 10.1. The topological polar surface area (TPSA) is 75.4 Å². The number of aliphatic hydroxyl groups excluding tert-OH is 1. The molecule has 1 aromatic heterocycles. The molecule has 0 fully saturated rings. The van der Waals surface area contributed by atoms with E-state index in [1.54, 1.807) is 0 Å². The van der Waals surface area contributed by atoms with E-state index in [9.17, 15) is 17.9 Å². The van der Waals surface area contributed by atoms with Gasteiger partial charge in [-0.15, -0.1) is 5.10 Å². The van der Waals surface area contributed by atoms with Crippen molar-refractivity contribution in [3.05, 3.63) is 52.0 Å². The second kappa shape index (κ2) is 5.84. The molecule has 9 heteroatoms. The monoisotopic (exact) mass is 377 g/mol. The first kappa shape index (κ1) is 16.1. The number of hydrogen-bond donors (Lipinski definition) is 1. The third kappa shape index (κ3) is 3.15. The SMILES string of the molecule is CN(C)S(=O)(=O)n1cc(C(O)c2cccc(F)c2)c(Br)n1. The van der Waals surface area contributed by atoms with Gasteiger partial charge in [-0.3, -0.25) is 0 Å². The highest BCUT2D eigenvalue weighted by Crippen LogP contribution is 2.28. The minimum atomic E-state index is -3.78. The number of halogens is 2. The molecule has 1 aromatic carbocycles. The van der Waals surface area contributed by atoms with Gasteiger partial charge in [-0.05, 0) is 33.6 Å². The van der Waals surface area contributed by atoms with Crippen LogP contribution in [0.5, 0.6) is 0 Å². The van der Waals surface area contributed by atoms with Crippen LogP contribution in [-0.2, 0) is 10.2 Å². The Morgan fingerprint density at radius 1 is 1.43 bits per heavy atom. The van der Waals surface area contributed by atoms with Gasteiger partial charge in [0.1, 0.15) is 16.5 Å². The molecule has 114 valence electrons. The molecule has 0 amide bonds. The molecule has 1 unspecified atom stereocenters. The third-order valence-electron chi connectivity index (χ3n) is 2.83. The summed E-state index contributed by atoms with van der Waals surface area (Å²) >= 11 is 3.11. The molecule has 2 aromatic rings. The molecular weight excluding hydrogens is 365 g/mol. The molecule has 6 nitrogen and oxygen atoms in total. The third-order valence-corrected chi connectivity index (χ3v) is 5.03. The lowest BCUT2D eigenvalue weighted by Gasteiger charge is -2.11. The highest BCUT2D eigenvalue weighted by molar-refractivity contribution is 9.10. The summed E-state index contributed by atoms with van der Waals surface area (Å²) in [7, 11) is -1.04. The fraction of sp³-hybridized carbons (Fsp3) is 0.250. The first-order chi connectivity index (χ1) is 9.73. The van der Waals surface area contributed by atoms with Crippen LogP contribution in [0.4, 0.5) is 4.39 Å². The Hall–Kier alpha value is -1.29. The van der Waals surface area contributed by atoms with E-state index in [1.165, 1.54) is 44.6 Å². The second-order valence-electron chi connectivity index (χ2n) is 4.50. The zero-order valence-electron chi connectivity index (χ0n) is 11.2. The predicted octanol–water partition coefficient (Wildman–Crippen LogP) is 1.52. The van der Waals surface area contributed by atoms with Crippen LogP contribution < -0.4 is 0 Å². The Bertz CT molecular complexity index is 761. The number of benzene rings is 1. The van der Waals surface area contributed by atoms with Crippen molar-refractivity contribution in [2.75, 3.05) is 14.1 Å². The fourth-order valence-corrected chi connectivity index (χ4v) is 3.03. The molecule has 21 heavy (non-hydrogen) atoms. The summed E-state index contributed by atoms with van der Waals surface area (Å²) in [5.41, 5.74) is 0.531. The van der Waals surface area contributed by atoms with Crippen LogP contribution in [-0.4, -0.2) is 41.1 Å². The Balaban J connectivity index is 2.45. The smallest absolute Gasteiger partial charge is 0.322 e. The highest BCUT2D eigenvalue weighted by atomic mass is 79.9. The molecule has 0 aliphatic rings. The summed E-state index contributed by atoms with van der Waals surface area (Å²) < 4.78 is 39.1. The first-order valence-corrected chi connectivity index (χ1v) is 8.04. The minimum Gasteiger partial charge on any atom is -0.383 e. The number of nitrogens with zero attached hydrogens (tertiary/aromatic N) is 3. The molecule has 0 spiro atoms. The molecule has 0 radical (unpaired) electrons. The van der Waals surface area contributed by atoms with Gasteiger partial charge >= 0.3 is 10.2 Å². The Morgan fingerprint density at radius 3 is 2.67 bits per heavy atom. The minimum absolute atomic E-state index is 0.171. The zero-order chi connectivity index (χ0) is 15.8. The molecular formula is C12H13BrFN3O3S. The Morgan fingerprint density at radius 2 is 2.10 bits per heavy atom. The standard InChI is InChI=1S/C12H13BrFN3O3S/c1-16(2)21(19,20)17-7-10(12(13)15-17)11(18)8-4-3-5-9(14)6-8/h3-7,11,18H,1-2H3. The van der Waals surface area contributed by atoms with Crippen LogP contribution in [0.2, 0.25) is 0 Å². The summed E-state index contributed by atoms with van der Waals surface area (Å²) in [5, 5.41) is 14.1. The van der Waals surface area contributed by atoms with E-state index in [1.807, 2.05) is 0 Å². The average Bonchev–Trinajstić information content (AvgIpc) is 2.80. The normalized spacial score (nSPS) is 13.6. The molecule has 0 bridgehead atoms.